The van der Waals surface area contributed by atoms with Gasteiger partial charge in [0.2, 0.25) is 6.41 Å². The summed E-state index contributed by atoms with van der Waals surface area (Å²) in [5.41, 5.74) is 2.48. The number of hydrogen-bond acceptors (Lipinski definition) is 4. The number of pyridine rings is 1. The van der Waals surface area contributed by atoms with Gasteiger partial charge in [-0.05, 0) is 12.1 Å². The minimum atomic E-state index is -0.447. The van der Waals surface area contributed by atoms with E-state index in [1.165, 1.54) is 12.4 Å². The lowest BCUT2D eigenvalue weighted by molar-refractivity contribution is -0.105. The van der Waals surface area contributed by atoms with Crippen LogP contribution in [0.4, 0.5) is 5.82 Å². The van der Waals surface area contributed by atoms with Gasteiger partial charge in [-0.2, -0.15) is 5.10 Å². The summed E-state index contributed by atoms with van der Waals surface area (Å²) in [6.45, 7) is 0. The topological polar surface area (TPSA) is 86.7 Å². The fourth-order valence-electron chi connectivity index (χ4n) is 0.962. The molecule has 2 amide bonds. The van der Waals surface area contributed by atoms with E-state index in [4.69, 9.17) is 0 Å². The Hall–Kier alpha value is -2.44. The molecule has 0 radical (unpaired) electrons. The normalized spacial score (nSPS) is 10.0. The SMILES string of the molecule is CN(C)/C=N/NC(=O)c1cccc(NC=O)n1. The van der Waals surface area contributed by atoms with Crippen LogP contribution in [-0.4, -0.2) is 42.6 Å². The molecule has 7 nitrogen and oxygen atoms in total. The molecule has 0 unspecified atom stereocenters. The molecule has 1 heterocycles. The zero-order valence-electron chi connectivity index (χ0n) is 9.54. The molecule has 0 saturated heterocycles. The summed E-state index contributed by atoms with van der Waals surface area (Å²) in [5, 5.41) is 6.05. The highest BCUT2D eigenvalue weighted by Gasteiger charge is 2.06. The lowest BCUT2D eigenvalue weighted by Crippen LogP contribution is -2.21. The second-order valence-electron chi connectivity index (χ2n) is 3.32. The van der Waals surface area contributed by atoms with Crippen LogP contribution in [0.25, 0.3) is 0 Å². The summed E-state index contributed by atoms with van der Waals surface area (Å²) in [4.78, 5) is 27.4. The van der Waals surface area contributed by atoms with Crippen LogP contribution in [0.2, 0.25) is 0 Å². The number of aromatic nitrogens is 1. The van der Waals surface area contributed by atoms with Gasteiger partial charge >= 0.3 is 0 Å². The van der Waals surface area contributed by atoms with E-state index in [1.54, 1.807) is 31.1 Å². The van der Waals surface area contributed by atoms with Crippen molar-refractivity contribution in [2.75, 3.05) is 19.4 Å². The molecular weight excluding hydrogens is 222 g/mol. The first-order valence-corrected chi connectivity index (χ1v) is 4.80. The van der Waals surface area contributed by atoms with Gasteiger partial charge in [0.25, 0.3) is 5.91 Å². The molecular formula is C10H13N5O2. The number of nitrogens with one attached hydrogen (secondary N) is 2. The van der Waals surface area contributed by atoms with Gasteiger partial charge in [-0.1, -0.05) is 6.07 Å². The first-order valence-electron chi connectivity index (χ1n) is 4.80. The molecule has 0 bridgehead atoms. The largest absolute Gasteiger partial charge is 0.367 e. The van der Waals surface area contributed by atoms with Crippen LogP contribution in [-0.2, 0) is 4.79 Å². The first-order chi connectivity index (χ1) is 8.13. The van der Waals surface area contributed by atoms with E-state index in [0.29, 0.717) is 12.2 Å². The molecule has 1 aromatic rings. The molecule has 1 rings (SSSR count). The van der Waals surface area contributed by atoms with Gasteiger partial charge in [-0.25, -0.2) is 10.4 Å². The maximum atomic E-state index is 11.6. The maximum absolute atomic E-state index is 11.6. The Bertz CT molecular complexity index is 430. The molecule has 0 aliphatic carbocycles. The lowest BCUT2D eigenvalue weighted by Gasteiger charge is -2.04. The predicted octanol–water partition coefficient (Wildman–Crippen LogP) is -0.115. The summed E-state index contributed by atoms with van der Waals surface area (Å²) in [5.74, 6) is -0.137. The zero-order chi connectivity index (χ0) is 12.7. The minimum absolute atomic E-state index is 0.174. The number of rotatable bonds is 5. The summed E-state index contributed by atoms with van der Waals surface area (Å²) in [6, 6.07) is 4.72. The van der Waals surface area contributed by atoms with Crippen molar-refractivity contribution >= 4 is 24.5 Å². The Balaban J connectivity index is 2.68. The number of hydrogen-bond donors (Lipinski definition) is 2. The van der Waals surface area contributed by atoms with E-state index >= 15 is 0 Å². The average molecular weight is 235 g/mol. The Morgan fingerprint density at radius 1 is 1.47 bits per heavy atom. The number of carbonyl (C=O) groups is 2. The Kier molecular flexibility index (Phi) is 4.61. The number of carbonyl (C=O) groups excluding carboxylic acids is 2. The highest BCUT2D eigenvalue weighted by molar-refractivity contribution is 5.93. The molecule has 0 atom stereocenters. The van der Waals surface area contributed by atoms with Gasteiger partial charge in [0.1, 0.15) is 17.9 Å². The molecule has 0 saturated carbocycles. The highest BCUT2D eigenvalue weighted by Crippen LogP contribution is 2.03. The Labute approximate surface area is 98.5 Å². The van der Waals surface area contributed by atoms with Crippen molar-refractivity contribution in [3.63, 3.8) is 0 Å². The molecule has 2 N–H and O–H groups in total. The van der Waals surface area contributed by atoms with Gasteiger partial charge in [0.15, 0.2) is 0 Å². The fourth-order valence-corrected chi connectivity index (χ4v) is 0.962. The molecule has 0 spiro atoms. The first kappa shape index (κ1) is 12.6. The fraction of sp³-hybridized carbons (Fsp3) is 0.200. The molecule has 0 aromatic carbocycles. The van der Waals surface area contributed by atoms with E-state index in [2.05, 4.69) is 20.8 Å². The predicted molar refractivity (Wildman–Crippen MR) is 63.6 cm³/mol. The Morgan fingerprint density at radius 2 is 2.24 bits per heavy atom. The van der Waals surface area contributed by atoms with E-state index in [9.17, 15) is 9.59 Å². The lowest BCUT2D eigenvalue weighted by atomic mass is 10.3. The number of nitrogens with zero attached hydrogens (tertiary/aromatic N) is 3. The molecule has 7 heteroatoms. The molecule has 90 valence electrons. The van der Waals surface area contributed by atoms with Crippen molar-refractivity contribution in [3.8, 4) is 0 Å². The second kappa shape index (κ2) is 6.21. The second-order valence-corrected chi connectivity index (χ2v) is 3.32. The molecule has 0 aliphatic heterocycles. The van der Waals surface area contributed by atoms with Gasteiger partial charge in [-0.15, -0.1) is 0 Å². The van der Waals surface area contributed by atoms with Crippen molar-refractivity contribution in [1.82, 2.24) is 15.3 Å². The average Bonchev–Trinajstić information content (AvgIpc) is 2.29. The van der Waals surface area contributed by atoms with Gasteiger partial charge in [0.05, 0.1) is 0 Å². The standard InChI is InChI=1S/C10H13N5O2/c1-15(2)6-12-14-10(17)8-4-3-5-9(13-8)11-7-16/h3-7H,1-2H3,(H,14,17)(H,11,13,16)/b12-6+. The van der Waals surface area contributed by atoms with E-state index in [-0.39, 0.29) is 5.69 Å². The van der Waals surface area contributed by atoms with Gasteiger partial charge < -0.3 is 10.2 Å². The van der Waals surface area contributed by atoms with Crippen LogP contribution in [0.5, 0.6) is 0 Å². The van der Waals surface area contributed by atoms with Gasteiger partial charge in [0, 0.05) is 14.1 Å². The maximum Gasteiger partial charge on any atom is 0.290 e. The highest BCUT2D eigenvalue weighted by atomic mass is 16.2. The van der Waals surface area contributed by atoms with E-state index < -0.39 is 5.91 Å². The smallest absolute Gasteiger partial charge is 0.290 e. The molecule has 1 aromatic heterocycles. The summed E-state index contributed by atoms with van der Waals surface area (Å²) in [7, 11) is 3.56. The number of hydrazone groups is 1. The zero-order valence-corrected chi connectivity index (χ0v) is 9.54. The third kappa shape index (κ3) is 4.29. The number of amides is 2. The van der Waals surface area contributed by atoms with Crippen molar-refractivity contribution in [3.05, 3.63) is 23.9 Å². The van der Waals surface area contributed by atoms with Gasteiger partial charge in [-0.3, -0.25) is 9.59 Å². The summed E-state index contributed by atoms with van der Waals surface area (Å²) >= 11 is 0. The van der Waals surface area contributed by atoms with Crippen LogP contribution in [0.1, 0.15) is 10.5 Å². The third-order valence-corrected chi connectivity index (χ3v) is 1.64. The van der Waals surface area contributed by atoms with Crippen LogP contribution >= 0.6 is 0 Å². The van der Waals surface area contributed by atoms with Crippen molar-refractivity contribution in [2.45, 2.75) is 0 Å². The monoisotopic (exact) mass is 235 g/mol. The van der Waals surface area contributed by atoms with Crippen LogP contribution in [0.3, 0.4) is 0 Å². The van der Waals surface area contributed by atoms with E-state index in [0.717, 1.165) is 0 Å². The van der Waals surface area contributed by atoms with Crippen molar-refractivity contribution < 1.29 is 9.59 Å². The summed E-state index contributed by atoms with van der Waals surface area (Å²) < 4.78 is 0. The van der Waals surface area contributed by atoms with Crippen LogP contribution in [0, 0.1) is 0 Å². The molecule has 0 fully saturated rings. The third-order valence-electron chi connectivity index (χ3n) is 1.64. The molecule has 17 heavy (non-hydrogen) atoms. The van der Waals surface area contributed by atoms with E-state index in [1.807, 2.05) is 0 Å². The number of anilines is 1. The van der Waals surface area contributed by atoms with Crippen molar-refractivity contribution in [1.29, 1.82) is 0 Å². The quantitative estimate of drug-likeness (QED) is 0.322. The minimum Gasteiger partial charge on any atom is -0.367 e. The summed E-state index contributed by atoms with van der Waals surface area (Å²) in [6.07, 6.45) is 1.94. The Morgan fingerprint density at radius 3 is 2.88 bits per heavy atom. The van der Waals surface area contributed by atoms with Crippen molar-refractivity contribution in [2.24, 2.45) is 5.10 Å². The molecule has 0 aliphatic rings. The van der Waals surface area contributed by atoms with Crippen LogP contribution < -0.4 is 10.7 Å². The van der Waals surface area contributed by atoms with Crippen LogP contribution in [0.15, 0.2) is 23.3 Å².